The van der Waals surface area contributed by atoms with Gasteiger partial charge in [-0.1, -0.05) is 11.6 Å². The summed E-state index contributed by atoms with van der Waals surface area (Å²) < 4.78 is 1.91. The number of anilines is 1. The van der Waals surface area contributed by atoms with Crippen LogP contribution in [0.25, 0.3) is 0 Å². The topological polar surface area (TPSA) is 96.7 Å². The predicted octanol–water partition coefficient (Wildman–Crippen LogP) is 1.90. The van der Waals surface area contributed by atoms with Crippen molar-refractivity contribution in [2.24, 2.45) is 10.9 Å². The number of amides is 4. The lowest BCUT2D eigenvalue weighted by Crippen LogP contribution is -2.58. The Morgan fingerprint density at radius 1 is 1.23 bits per heavy atom. The smallest absolute Gasteiger partial charge is 0.335 e. The molecule has 0 bridgehead atoms. The van der Waals surface area contributed by atoms with Gasteiger partial charge < -0.3 is 4.57 Å². The first-order valence-corrected chi connectivity index (χ1v) is 8.34. The van der Waals surface area contributed by atoms with Gasteiger partial charge in [-0.25, -0.2) is 14.7 Å². The average molecular weight is 374 g/mol. The highest BCUT2D eigenvalue weighted by Crippen LogP contribution is 2.22. The molecule has 1 aliphatic rings. The van der Waals surface area contributed by atoms with Gasteiger partial charge in [0.1, 0.15) is 0 Å². The molecule has 0 aliphatic carbocycles. The van der Waals surface area contributed by atoms with E-state index >= 15 is 0 Å². The summed E-state index contributed by atoms with van der Waals surface area (Å²) in [4.78, 5) is 45.6. The van der Waals surface area contributed by atoms with E-state index in [2.05, 4.69) is 15.3 Å². The van der Waals surface area contributed by atoms with Gasteiger partial charge in [0, 0.05) is 36.7 Å². The summed E-state index contributed by atoms with van der Waals surface area (Å²) in [6.07, 6.45) is 7.27. The molecule has 3 rings (SSSR count). The van der Waals surface area contributed by atoms with Gasteiger partial charge in [-0.15, -0.1) is 0 Å². The van der Waals surface area contributed by atoms with E-state index < -0.39 is 23.8 Å². The third kappa shape index (κ3) is 3.97. The lowest BCUT2D eigenvalue weighted by atomic mass is 10.1. The molecule has 1 aliphatic heterocycles. The Morgan fingerprint density at radius 3 is 2.69 bits per heavy atom. The highest BCUT2D eigenvalue weighted by Gasteiger charge is 2.40. The van der Waals surface area contributed by atoms with Gasteiger partial charge in [0.25, 0.3) is 5.91 Å². The number of halogens is 1. The van der Waals surface area contributed by atoms with Crippen LogP contribution in [0.5, 0.6) is 0 Å². The first kappa shape index (κ1) is 17.8. The number of aliphatic imine (C=N–C) groups is 1. The van der Waals surface area contributed by atoms with E-state index in [0.29, 0.717) is 17.3 Å². The fourth-order valence-electron chi connectivity index (χ4n) is 2.50. The molecule has 0 saturated carbocycles. The molecule has 0 unspecified atom stereocenters. The molecule has 1 aromatic heterocycles. The van der Waals surface area contributed by atoms with Crippen LogP contribution in [0.4, 0.5) is 10.5 Å². The van der Waals surface area contributed by atoms with Crippen LogP contribution < -0.4 is 10.2 Å². The quantitative estimate of drug-likeness (QED) is 0.475. The van der Waals surface area contributed by atoms with Crippen molar-refractivity contribution in [3.63, 3.8) is 0 Å². The molecule has 26 heavy (non-hydrogen) atoms. The molecule has 9 heteroatoms. The second-order valence-corrected chi connectivity index (χ2v) is 6.07. The summed E-state index contributed by atoms with van der Waals surface area (Å²) in [7, 11) is 0. The number of imide groups is 2. The van der Waals surface area contributed by atoms with Crippen LogP contribution in [-0.2, 0) is 16.1 Å². The Balaban J connectivity index is 1.65. The second-order valence-electron chi connectivity index (χ2n) is 5.63. The van der Waals surface area contributed by atoms with Crippen molar-refractivity contribution in [3.8, 4) is 0 Å². The largest absolute Gasteiger partial charge is 0.337 e. The highest BCUT2D eigenvalue weighted by atomic mass is 35.5. The van der Waals surface area contributed by atoms with Crippen LogP contribution >= 0.6 is 11.6 Å². The molecule has 8 nitrogen and oxygen atoms in total. The number of aryl methyl sites for hydroxylation is 1. The van der Waals surface area contributed by atoms with Crippen LogP contribution in [0.15, 0.2) is 48.0 Å². The standard InChI is InChI=1S/C17H16ClN5O3/c18-12-2-4-13(5-3-12)23-16(25)14(15(24)21-17(23)26)10-19-6-1-8-22-9-7-20-11-22/h2-5,7,9-11,14H,1,6,8H2,(H,21,24,26)/t14-/m1/s1. The minimum Gasteiger partial charge on any atom is -0.337 e. The predicted molar refractivity (Wildman–Crippen MR) is 96.2 cm³/mol. The maximum atomic E-state index is 12.6. The van der Waals surface area contributed by atoms with Gasteiger partial charge in [0.15, 0.2) is 5.92 Å². The van der Waals surface area contributed by atoms with Gasteiger partial charge in [0.2, 0.25) is 5.91 Å². The van der Waals surface area contributed by atoms with Crippen LogP contribution in [0.2, 0.25) is 5.02 Å². The number of rotatable bonds is 6. The molecule has 0 radical (unpaired) electrons. The summed E-state index contributed by atoms with van der Waals surface area (Å²) in [5, 5.41) is 2.65. The molecule has 2 aromatic rings. The van der Waals surface area contributed by atoms with Gasteiger partial charge in [-0.2, -0.15) is 0 Å². The van der Waals surface area contributed by atoms with E-state index in [1.807, 2.05) is 10.8 Å². The minimum atomic E-state index is -1.14. The number of hydrogen-bond donors (Lipinski definition) is 1. The zero-order valence-corrected chi connectivity index (χ0v) is 14.5. The number of hydrogen-bond acceptors (Lipinski definition) is 5. The summed E-state index contributed by atoms with van der Waals surface area (Å²) >= 11 is 5.83. The highest BCUT2D eigenvalue weighted by molar-refractivity contribution is 6.33. The SMILES string of the molecule is O=C1NC(=O)N(c2ccc(Cl)cc2)C(=O)[C@@H]1C=NCCCn1ccnc1. The van der Waals surface area contributed by atoms with E-state index in [0.717, 1.165) is 17.9 Å². The van der Waals surface area contributed by atoms with Crippen molar-refractivity contribution in [2.45, 2.75) is 13.0 Å². The Labute approximate surface area is 154 Å². The Hall–Kier alpha value is -3.00. The van der Waals surface area contributed by atoms with Gasteiger partial charge >= 0.3 is 6.03 Å². The lowest BCUT2D eigenvalue weighted by molar-refractivity contribution is -0.131. The summed E-state index contributed by atoms with van der Waals surface area (Å²) in [6, 6.07) is 5.41. The number of nitrogens with one attached hydrogen (secondary N) is 1. The molecular formula is C17H16ClN5O3. The van der Waals surface area contributed by atoms with Crippen molar-refractivity contribution >= 4 is 41.3 Å². The number of benzene rings is 1. The van der Waals surface area contributed by atoms with Crippen LogP contribution in [-0.4, -0.2) is 40.2 Å². The van der Waals surface area contributed by atoms with E-state index in [4.69, 9.17) is 11.6 Å². The van der Waals surface area contributed by atoms with Gasteiger partial charge in [-0.3, -0.25) is 19.9 Å². The summed E-state index contributed by atoms with van der Waals surface area (Å²) in [5.74, 6) is -2.46. The number of barbiturate groups is 1. The van der Waals surface area contributed by atoms with Gasteiger partial charge in [-0.05, 0) is 30.7 Å². The first-order chi connectivity index (χ1) is 12.6. The number of imidazole rings is 1. The molecule has 1 atom stereocenters. The number of aromatic nitrogens is 2. The fraction of sp³-hybridized carbons (Fsp3) is 0.235. The molecule has 2 heterocycles. The Bertz CT molecular complexity index is 833. The summed E-state index contributed by atoms with van der Waals surface area (Å²) in [6.45, 7) is 1.18. The van der Waals surface area contributed by atoms with E-state index in [9.17, 15) is 14.4 Å². The molecule has 1 aromatic carbocycles. The van der Waals surface area contributed by atoms with Crippen molar-refractivity contribution in [2.75, 3.05) is 11.4 Å². The Morgan fingerprint density at radius 2 is 2.00 bits per heavy atom. The van der Waals surface area contributed by atoms with Crippen molar-refractivity contribution in [1.29, 1.82) is 0 Å². The van der Waals surface area contributed by atoms with Crippen LogP contribution in [0.1, 0.15) is 6.42 Å². The minimum absolute atomic E-state index is 0.336. The molecule has 1 fully saturated rings. The molecule has 1 N–H and O–H groups in total. The fourth-order valence-corrected chi connectivity index (χ4v) is 2.63. The lowest BCUT2D eigenvalue weighted by Gasteiger charge is -2.28. The second kappa shape index (κ2) is 7.92. The van der Waals surface area contributed by atoms with Crippen LogP contribution in [0.3, 0.4) is 0 Å². The zero-order valence-electron chi connectivity index (χ0n) is 13.7. The van der Waals surface area contributed by atoms with Crippen molar-refractivity contribution in [3.05, 3.63) is 48.0 Å². The maximum absolute atomic E-state index is 12.6. The Kier molecular flexibility index (Phi) is 5.43. The van der Waals surface area contributed by atoms with Crippen molar-refractivity contribution < 1.29 is 14.4 Å². The number of carbonyl (C=O) groups is 3. The molecule has 0 spiro atoms. The third-order valence-electron chi connectivity index (χ3n) is 3.80. The normalized spacial score (nSPS) is 17.8. The van der Waals surface area contributed by atoms with E-state index in [-0.39, 0.29) is 0 Å². The van der Waals surface area contributed by atoms with Gasteiger partial charge in [0.05, 0.1) is 12.0 Å². The first-order valence-electron chi connectivity index (χ1n) is 7.96. The van der Waals surface area contributed by atoms with Crippen molar-refractivity contribution in [1.82, 2.24) is 14.9 Å². The molecular weight excluding hydrogens is 358 g/mol. The van der Waals surface area contributed by atoms with E-state index in [1.54, 1.807) is 24.7 Å². The van der Waals surface area contributed by atoms with E-state index in [1.165, 1.54) is 18.3 Å². The monoisotopic (exact) mass is 373 g/mol. The van der Waals surface area contributed by atoms with Crippen LogP contribution in [0, 0.1) is 5.92 Å². The number of nitrogens with zero attached hydrogens (tertiary/aromatic N) is 4. The maximum Gasteiger partial charge on any atom is 0.335 e. The third-order valence-corrected chi connectivity index (χ3v) is 4.06. The molecule has 4 amide bonds. The molecule has 1 saturated heterocycles. The molecule has 134 valence electrons. The summed E-state index contributed by atoms with van der Waals surface area (Å²) in [5.41, 5.74) is 0.336. The zero-order chi connectivity index (χ0) is 18.5. The average Bonchev–Trinajstić information content (AvgIpc) is 3.12. The number of urea groups is 1. The number of carbonyl (C=O) groups excluding carboxylic acids is 3.